The molecule has 0 aliphatic heterocycles. The van der Waals surface area contributed by atoms with E-state index in [0.29, 0.717) is 11.8 Å². The molecule has 0 unspecified atom stereocenters. The van der Waals surface area contributed by atoms with E-state index in [0.717, 1.165) is 0 Å². The van der Waals surface area contributed by atoms with Crippen LogP contribution in [0.5, 0.6) is 0 Å². The topological polar surface area (TPSA) is 35.5 Å². The van der Waals surface area contributed by atoms with Crippen LogP contribution in [0.4, 0.5) is 8.78 Å². The first kappa shape index (κ1) is 18.5. The Bertz CT molecular complexity index is 271. The second kappa shape index (κ2) is 7.93. The van der Waals surface area contributed by atoms with Crippen LogP contribution < -0.4 is 0 Å². The van der Waals surface area contributed by atoms with Crippen molar-refractivity contribution in [2.24, 2.45) is 0 Å². The van der Waals surface area contributed by atoms with E-state index in [4.69, 9.17) is 9.05 Å². The van der Waals surface area contributed by atoms with Gasteiger partial charge in [-0.05, 0) is 40.5 Å². The Hall–Kier alpha value is 0.490. The molecule has 0 aromatic heterocycles. The van der Waals surface area contributed by atoms with Crippen molar-refractivity contribution in [2.75, 3.05) is 5.33 Å². The summed E-state index contributed by atoms with van der Waals surface area (Å²) in [7, 11) is -4.42. The zero-order chi connectivity index (χ0) is 14.4. The van der Waals surface area contributed by atoms with E-state index in [2.05, 4.69) is 15.9 Å². The standard InChI is InChI=1S/C11H22BrF2O3P/c1-9(2)16-18(15,17-10(3)4)11(13,14)7-5-6-8-12/h9-10H,5-8H2,1-4H3. The summed E-state index contributed by atoms with van der Waals surface area (Å²) in [6.07, 6.45) is -0.771. The van der Waals surface area contributed by atoms with Gasteiger partial charge >= 0.3 is 13.3 Å². The molecular weight excluding hydrogens is 329 g/mol. The van der Waals surface area contributed by atoms with Gasteiger partial charge in [-0.15, -0.1) is 0 Å². The van der Waals surface area contributed by atoms with E-state index in [1.807, 2.05) is 0 Å². The van der Waals surface area contributed by atoms with Gasteiger partial charge in [0.05, 0.1) is 12.2 Å². The van der Waals surface area contributed by atoms with Crippen LogP contribution in [0, 0.1) is 0 Å². The predicted octanol–water partition coefficient (Wildman–Crippen LogP) is 5.19. The number of halogens is 3. The van der Waals surface area contributed by atoms with Crippen LogP contribution in [0.1, 0.15) is 47.0 Å². The number of hydrogen-bond acceptors (Lipinski definition) is 3. The fourth-order valence-electron chi connectivity index (χ4n) is 1.30. The third-order valence-corrected chi connectivity index (χ3v) is 4.95. The van der Waals surface area contributed by atoms with Crippen LogP contribution >= 0.6 is 23.5 Å². The maximum absolute atomic E-state index is 14.0. The fourth-order valence-corrected chi connectivity index (χ4v) is 3.60. The van der Waals surface area contributed by atoms with Crippen molar-refractivity contribution in [3.05, 3.63) is 0 Å². The highest BCUT2D eigenvalue weighted by Crippen LogP contribution is 2.65. The zero-order valence-electron chi connectivity index (χ0n) is 11.3. The van der Waals surface area contributed by atoms with Crippen molar-refractivity contribution < 1.29 is 22.4 Å². The molecular formula is C11H22BrF2O3P. The second-order valence-corrected chi connectivity index (χ2v) is 7.48. The number of unbranched alkanes of at least 4 members (excludes halogenated alkanes) is 1. The predicted molar refractivity (Wildman–Crippen MR) is 72.6 cm³/mol. The average Bonchev–Trinajstić information content (AvgIpc) is 2.14. The smallest absolute Gasteiger partial charge is 0.302 e. The molecule has 110 valence electrons. The molecule has 0 bridgehead atoms. The second-order valence-electron chi connectivity index (χ2n) is 4.62. The molecule has 18 heavy (non-hydrogen) atoms. The quantitative estimate of drug-likeness (QED) is 0.326. The van der Waals surface area contributed by atoms with Gasteiger partial charge in [-0.2, -0.15) is 8.78 Å². The summed E-state index contributed by atoms with van der Waals surface area (Å²) in [5.74, 6) is 0. The maximum atomic E-state index is 14.0. The van der Waals surface area contributed by atoms with Gasteiger partial charge in [0.25, 0.3) is 0 Å². The summed E-state index contributed by atoms with van der Waals surface area (Å²) < 4.78 is 50.1. The van der Waals surface area contributed by atoms with Crippen LogP contribution in [0.2, 0.25) is 0 Å². The highest BCUT2D eigenvalue weighted by Gasteiger charge is 2.53. The largest absolute Gasteiger partial charge is 0.400 e. The Balaban J connectivity index is 4.86. The van der Waals surface area contributed by atoms with Crippen molar-refractivity contribution in [3.8, 4) is 0 Å². The Kier molecular flexibility index (Phi) is 8.15. The summed E-state index contributed by atoms with van der Waals surface area (Å²) >= 11 is 3.17. The molecule has 0 aliphatic carbocycles. The fraction of sp³-hybridized carbons (Fsp3) is 1.00. The molecule has 0 saturated heterocycles. The van der Waals surface area contributed by atoms with Gasteiger partial charge in [-0.1, -0.05) is 15.9 Å². The molecule has 0 rings (SSSR count). The van der Waals surface area contributed by atoms with E-state index >= 15 is 0 Å². The van der Waals surface area contributed by atoms with Crippen molar-refractivity contribution in [3.63, 3.8) is 0 Å². The molecule has 0 fully saturated rings. The molecule has 0 amide bonds. The molecule has 0 heterocycles. The van der Waals surface area contributed by atoms with Gasteiger partial charge in [0.15, 0.2) is 0 Å². The Labute approximate surface area is 116 Å². The lowest BCUT2D eigenvalue weighted by Gasteiger charge is -2.29. The Morgan fingerprint density at radius 1 is 1.11 bits per heavy atom. The monoisotopic (exact) mass is 350 g/mol. The number of hydrogen-bond donors (Lipinski definition) is 0. The third kappa shape index (κ3) is 6.09. The highest BCUT2D eigenvalue weighted by molar-refractivity contribution is 9.09. The zero-order valence-corrected chi connectivity index (χ0v) is 13.8. The Morgan fingerprint density at radius 2 is 1.56 bits per heavy atom. The molecule has 7 heteroatoms. The third-order valence-electron chi connectivity index (χ3n) is 1.96. The molecule has 0 radical (unpaired) electrons. The first-order valence-corrected chi connectivity index (χ1v) is 8.72. The number of rotatable bonds is 9. The van der Waals surface area contributed by atoms with E-state index < -0.39 is 31.9 Å². The normalized spacial score (nSPS) is 13.6. The van der Waals surface area contributed by atoms with Crippen LogP contribution in [0.3, 0.4) is 0 Å². The van der Waals surface area contributed by atoms with Gasteiger partial charge in [0.1, 0.15) is 0 Å². The van der Waals surface area contributed by atoms with Crippen LogP contribution in [0.25, 0.3) is 0 Å². The summed E-state index contributed by atoms with van der Waals surface area (Å²) in [6.45, 7) is 6.24. The summed E-state index contributed by atoms with van der Waals surface area (Å²) in [4.78, 5) is 0. The van der Waals surface area contributed by atoms with Crippen LogP contribution in [-0.2, 0) is 13.6 Å². The van der Waals surface area contributed by atoms with Gasteiger partial charge in [0.2, 0.25) is 0 Å². The average molecular weight is 351 g/mol. The summed E-state index contributed by atoms with van der Waals surface area (Å²) in [6, 6.07) is 0. The molecule has 0 saturated carbocycles. The molecule has 0 aromatic rings. The van der Waals surface area contributed by atoms with E-state index in [1.165, 1.54) is 0 Å². The lowest BCUT2D eigenvalue weighted by molar-refractivity contribution is 0.0126. The molecule has 0 aliphatic rings. The lowest BCUT2D eigenvalue weighted by Crippen LogP contribution is -2.24. The van der Waals surface area contributed by atoms with Gasteiger partial charge in [0, 0.05) is 11.8 Å². The van der Waals surface area contributed by atoms with Crippen molar-refractivity contribution in [1.82, 2.24) is 0 Å². The maximum Gasteiger partial charge on any atom is 0.400 e. The van der Waals surface area contributed by atoms with Crippen molar-refractivity contribution >= 4 is 23.5 Å². The lowest BCUT2D eigenvalue weighted by atomic mass is 10.3. The van der Waals surface area contributed by atoms with Crippen molar-refractivity contribution in [1.29, 1.82) is 0 Å². The molecule has 0 N–H and O–H groups in total. The molecule has 3 nitrogen and oxygen atoms in total. The minimum Gasteiger partial charge on any atom is -0.302 e. The minimum atomic E-state index is -4.42. The summed E-state index contributed by atoms with van der Waals surface area (Å²) in [5.41, 5.74) is -3.44. The highest BCUT2D eigenvalue weighted by atomic mass is 79.9. The number of alkyl halides is 3. The van der Waals surface area contributed by atoms with E-state index in [1.54, 1.807) is 27.7 Å². The Morgan fingerprint density at radius 3 is 1.89 bits per heavy atom. The SMILES string of the molecule is CC(C)OP(=O)(OC(C)C)C(F)(F)CCCCBr. The van der Waals surface area contributed by atoms with E-state index in [9.17, 15) is 13.3 Å². The van der Waals surface area contributed by atoms with E-state index in [-0.39, 0.29) is 6.42 Å². The van der Waals surface area contributed by atoms with Crippen molar-refractivity contribution in [2.45, 2.75) is 64.8 Å². The molecule has 0 atom stereocenters. The van der Waals surface area contributed by atoms with Crippen LogP contribution in [0.15, 0.2) is 0 Å². The molecule has 0 aromatic carbocycles. The van der Waals surface area contributed by atoms with Gasteiger partial charge in [-0.3, -0.25) is 4.57 Å². The van der Waals surface area contributed by atoms with Gasteiger partial charge < -0.3 is 9.05 Å². The van der Waals surface area contributed by atoms with Gasteiger partial charge in [-0.25, -0.2) is 0 Å². The molecule has 0 spiro atoms. The first-order chi connectivity index (χ1) is 8.14. The summed E-state index contributed by atoms with van der Waals surface area (Å²) in [5, 5.41) is 0.642. The minimum absolute atomic E-state index is 0.269. The van der Waals surface area contributed by atoms with Crippen LogP contribution in [-0.4, -0.2) is 23.2 Å². The first-order valence-electron chi connectivity index (χ1n) is 6.05.